The number of nitrogens with two attached hydrogens (primary N) is 2. The molecule has 1 aromatic heterocycles. The number of guanidine groups is 1. The van der Waals surface area contributed by atoms with Gasteiger partial charge >= 0.3 is 0 Å². The van der Waals surface area contributed by atoms with Crippen molar-refractivity contribution >= 4 is 11.7 Å². The second-order valence-electron chi connectivity index (χ2n) is 6.01. The molecule has 6 nitrogen and oxygen atoms in total. The largest absolute Gasteiger partial charge is 0.496 e. The summed E-state index contributed by atoms with van der Waals surface area (Å²) in [6, 6.07) is 6.45. The zero-order valence-electron chi connectivity index (χ0n) is 14.2. The normalized spacial score (nSPS) is 17.9. The summed E-state index contributed by atoms with van der Waals surface area (Å²) in [4.78, 5) is 4.48. The van der Waals surface area contributed by atoms with Gasteiger partial charge in [0.05, 0.1) is 18.5 Å². The summed E-state index contributed by atoms with van der Waals surface area (Å²) in [5.41, 5.74) is 15.3. The average molecular weight is 341 g/mol. The second-order valence-corrected chi connectivity index (χ2v) is 6.01. The number of rotatable bonds is 3. The van der Waals surface area contributed by atoms with Crippen molar-refractivity contribution in [3.63, 3.8) is 0 Å². The van der Waals surface area contributed by atoms with Gasteiger partial charge in [-0.15, -0.1) is 5.10 Å². The highest BCUT2D eigenvalue weighted by Gasteiger charge is 2.29. The Bertz CT molecular complexity index is 859. The zero-order valence-corrected chi connectivity index (χ0v) is 14.2. The van der Waals surface area contributed by atoms with Gasteiger partial charge in [0.2, 0.25) is 5.96 Å². The van der Waals surface area contributed by atoms with Crippen LogP contribution in [0.15, 0.2) is 40.7 Å². The van der Waals surface area contributed by atoms with E-state index in [9.17, 15) is 4.39 Å². The van der Waals surface area contributed by atoms with E-state index in [1.807, 2.05) is 13.0 Å². The number of methoxy groups -OCH3 is 1. The van der Waals surface area contributed by atoms with Gasteiger partial charge in [-0.3, -0.25) is 4.98 Å². The van der Waals surface area contributed by atoms with E-state index in [1.165, 1.54) is 12.1 Å². The van der Waals surface area contributed by atoms with Crippen LogP contribution in [0, 0.1) is 12.7 Å². The molecule has 1 aliphatic rings. The summed E-state index contributed by atoms with van der Waals surface area (Å²) in [7, 11) is 1.57. The molecular formula is C18H20FN5O. The molecular weight excluding hydrogens is 321 g/mol. The maximum Gasteiger partial charge on any atom is 0.211 e. The molecule has 1 unspecified atom stereocenters. The summed E-state index contributed by atoms with van der Waals surface area (Å²) in [6.07, 6.45) is 2.99. The third-order valence-corrected chi connectivity index (χ3v) is 4.32. The monoisotopic (exact) mass is 341 g/mol. The highest BCUT2D eigenvalue weighted by Crippen LogP contribution is 2.37. The van der Waals surface area contributed by atoms with E-state index in [4.69, 9.17) is 16.2 Å². The van der Waals surface area contributed by atoms with E-state index in [-0.39, 0.29) is 17.7 Å². The predicted molar refractivity (Wildman–Crippen MR) is 95.3 cm³/mol. The lowest BCUT2D eigenvalue weighted by molar-refractivity contribution is 0.403. The summed E-state index contributed by atoms with van der Waals surface area (Å²) >= 11 is 0. The van der Waals surface area contributed by atoms with Crippen molar-refractivity contribution in [2.45, 2.75) is 25.7 Å². The molecule has 1 aromatic carbocycles. The molecule has 7 heteroatoms. The second kappa shape index (κ2) is 6.88. The van der Waals surface area contributed by atoms with Crippen molar-refractivity contribution in [2.24, 2.45) is 21.7 Å². The van der Waals surface area contributed by atoms with E-state index in [0.717, 1.165) is 28.1 Å². The maximum atomic E-state index is 13.8. The van der Waals surface area contributed by atoms with Gasteiger partial charge < -0.3 is 16.2 Å². The predicted octanol–water partition coefficient (Wildman–Crippen LogP) is 2.25. The topological polar surface area (TPSA) is 98.9 Å². The fourth-order valence-electron chi connectivity index (χ4n) is 3.26. The molecule has 1 heterocycles. The maximum absolute atomic E-state index is 13.8. The molecule has 0 bridgehead atoms. The molecule has 25 heavy (non-hydrogen) atoms. The van der Waals surface area contributed by atoms with Crippen molar-refractivity contribution < 1.29 is 9.13 Å². The van der Waals surface area contributed by atoms with E-state index >= 15 is 0 Å². The Morgan fingerprint density at radius 3 is 2.80 bits per heavy atom. The molecule has 1 aliphatic carbocycles. The first-order valence-corrected chi connectivity index (χ1v) is 7.93. The fraction of sp³-hybridized carbons (Fsp3) is 0.278. The number of fused-ring (bicyclic) bond motifs is 1. The first-order chi connectivity index (χ1) is 12.0. The smallest absolute Gasteiger partial charge is 0.211 e. The van der Waals surface area contributed by atoms with Gasteiger partial charge in [-0.2, -0.15) is 5.10 Å². The van der Waals surface area contributed by atoms with E-state index in [2.05, 4.69) is 15.2 Å². The minimum absolute atomic E-state index is 0.0274. The Labute approximate surface area is 145 Å². The first kappa shape index (κ1) is 16.9. The number of hydrogen-bond donors (Lipinski definition) is 2. The van der Waals surface area contributed by atoms with E-state index < -0.39 is 0 Å². The Balaban J connectivity index is 2.10. The van der Waals surface area contributed by atoms with Crippen LogP contribution < -0.4 is 16.2 Å². The lowest BCUT2D eigenvalue weighted by Gasteiger charge is -2.27. The third kappa shape index (κ3) is 3.45. The number of benzene rings is 1. The Hall–Kier alpha value is -2.96. The average Bonchev–Trinajstić information content (AvgIpc) is 2.59. The van der Waals surface area contributed by atoms with Crippen LogP contribution in [0.25, 0.3) is 0 Å². The third-order valence-electron chi connectivity index (χ3n) is 4.32. The number of aromatic nitrogens is 1. The molecule has 0 saturated heterocycles. The molecule has 0 aliphatic heterocycles. The SMILES string of the molecule is COc1ccc(F)cc1C1CC(=NN=C(N)N)c2c(C)ccnc2C1. The van der Waals surface area contributed by atoms with Crippen LogP contribution in [0.3, 0.4) is 0 Å². The van der Waals surface area contributed by atoms with Crippen LogP contribution in [-0.2, 0) is 6.42 Å². The van der Waals surface area contributed by atoms with Crippen LogP contribution in [0.4, 0.5) is 4.39 Å². The van der Waals surface area contributed by atoms with Gasteiger partial charge in [-0.1, -0.05) is 0 Å². The number of halogens is 1. The standard InChI is InChI=1S/C18H20FN5O/c1-10-5-6-22-14-7-11(8-15(17(10)14)23-24-18(20)21)13-9-12(19)3-4-16(13)25-2/h3-6,9,11H,7-8H2,1-2H3,(H4,20,21,24). The Kier molecular flexibility index (Phi) is 4.65. The van der Waals surface area contributed by atoms with Crippen molar-refractivity contribution in [1.82, 2.24) is 4.98 Å². The molecule has 0 spiro atoms. The molecule has 4 N–H and O–H groups in total. The zero-order chi connectivity index (χ0) is 18.0. The lowest BCUT2D eigenvalue weighted by atomic mass is 9.79. The first-order valence-electron chi connectivity index (χ1n) is 7.93. The number of hydrogen-bond acceptors (Lipinski definition) is 4. The molecule has 1 atom stereocenters. The van der Waals surface area contributed by atoms with Gasteiger partial charge in [0.15, 0.2) is 0 Å². The van der Waals surface area contributed by atoms with Crippen molar-refractivity contribution in [2.75, 3.05) is 7.11 Å². The van der Waals surface area contributed by atoms with E-state index in [0.29, 0.717) is 18.6 Å². The number of ether oxygens (including phenoxy) is 1. The highest BCUT2D eigenvalue weighted by atomic mass is 19.1. The molecule has 3 rings (SSSR count). The van der Waals surface area contributed by atoms with Gasteiger partial charge in [0.1, 0.15) is 11.6 Å². The number of pyridine rings is 1. The minimum atomic E-state index is -0.304. The Morgan fingerprint density at radius 1 is 1.28 bits per heavy atom. The summed E-state index contributed by atoms with van der Waals surface area (Å²) < 4.78 is 19.2. The lowest BCUT2D eigenvalue weighted by Crippen LogP contribution is -2.24. The molecule has 0 amide bonds. The van der Waals surface area contributed by atoms with Crippen LogP contribution in [-0.4, -0.2) is 23.8 Å². The van der Waals surface area contributed by atoms with Crippen LogP contribution >= 0.6 is 0 Å². The quantitative estimate of drug-likeness (QED) is 0.508. The van der Waals surface area contributed by atoms with Gasteiger partial charge in [0, 0.05) is 17.3 Å². The summed E-state index contributed by atoms with van der Waals surface area (Å²) in [6.45, 7) is 1.99. The van der Waals surface area contributed by atoms with Crippen molar-refractivity contribution in [3.8, 4) is 5.75 Å². The number of nitrogens with zero attached hydrogens (tertiary/aromatic N) is 3. The highest BCUT2D eigenvalue weighted by molar-refractivity contribution is 6.04. The van der Waals surface area contributed by atoms with Crippen molar-refractivity contribution in [3.05, 3.63) is 58.7 Å². The minimum Gasteiger partial charge on any atom is -0.496 e. The molecule has 2 aromatic rings. The summed E-state index contributed by atoms with van der Waals surface area (Å²) in [5.74, 6) is 0.201. The van der Waals surface area contributed by atoms with Crippen LogP contribution in [0.5, 0.6) is 5.75 Å². The van der Waals surface area contributed by atoms with Gasteiger partial charge in [-0.05, 0) is 55.5 Å². The molecule has 0 radical (unpaired) electrons. The number of aryl methyl sites for hydroxylation is 1. The molecule has 0 fully saturated rings. The summed E-state index contributed by atoms with van der Waals surface area (Å²) in [5, 5.41) is 8.02. The molecule has 0 saturated carbocycles. The van der Waals surface area contributed by atoms with E-state index in [1.54, 1.807) is 19.4 Å². The Morgan fingerprint density at radius 2 is 2.08 bits per heavy atom. The van der Waals surface area contributed by atoms with Crippen molar-refractivity contribution in [1.29, 1.82) is 0 Å². The van der Waals surface area contributed by atoms with Crippen LogP contribution in [0.1, 0.15) is 34.7 Å². The van der Waals surface area contributed by atoms with Gasteiger partial charge in [-0.25, -0.2) is 4.39 Å². The molecule has 130 valence electrons. The fourth-order valence-corrected chi connectivity index (χ4v) is 3.26. The van der Waals surface area contributed by atoms with Gasteiger partial charge in [0.25, 0.3) is 0 Å². The van der Waals surface area contributed by atoms with Crippen LogP contribution in [0.2, 0.25) is 0 Å².